The van der Waals surface area contributed by atoms with Gasteiger partial charge in [-0.15, -0.1) is 0 Å². The van der Waals surface area contributed by atoms with Gasteiger partial charge in [-0.25, -0.2) is 4.79 Å². The van der Waals surface area contributed by atoms with Gasteiger partial charge in [0.15, 0.2) is 0 Å². The largest absolute Gasteiger partial charge is 0.465 e. The van der Waals surface area contributed by atoms with E-state index in [2.05, 4.69) is 16.6 Å². The molecule has 0 N–H and O–H groups in total. The maximum atomic E-state index is 11.3. The number of methoxy groups -OCH3 is 1. The van der Waals surface area contributed by atoms with Gasteiger partial charge < -0.3 is 9.64 Å². The summed E-state index contributed by atoms with van der Waals surface area (Å²) in [6.45, 7) is 4.46. The SMILES string of the molecule is CCN(CCc1ccc(C(=O)OC)cc1)C1CC1. The number of nitrogens with zero attached hydrogens (tertiary/aromatic N) is 1. The predicted octanol–water partition coefficient (Wildman–Crippen LogP) is 2.50. The van der Waals surface area contributed by atoms with Gasteiger partial charge in [0.2, 0.25) is 0 Å². The van der Waals surface area contributed by atoms with Crippen LogP contribution in [0.1, 0.15) is 35.7 Å². The highest BCUT2D eigenvalue weighted by Crippen LogP contribution is 2.26. The number of rotatable bonds is 6. The molecule has 0 spiro atoms. The third-order valence-corrected chi connectivity index (χ3v) is 3.53. The molecule has 0 atom stereocenters. The highest BCUT2D eigenvalue weighted by Gasteiger charge is 2.27. The van der Waals surface area contributed by atoms with Crippen molar-refractivity contribution in [1.82, 2.24) is 4.90 Å². The first kappa shape index (κ1) is 13.1. The molecule has 2 rings (SSSR count). The van der Waals surface area contributed by atoms with Crippen LogP contribution >= 0.6 is 0 Å². The minimum absolute atomic E-state index is 0.269. The Bertz CT molecular complexity index is 395. The number of esters is 1. The van der Waals surface area contributed by atoms with E-state index in [1.165, 1.54) is 25.5 Å². The molecular formula is C15H21NO2. The van der Waals surface area contributed by atoms with Gasteiger partial charge in [-0.05, 0) is 43.5 Å². The van der Waals surface area contributed by atoms with Crippen molar-refractivity contribution in [2.24, 2.45) is 0 Å². The Labute approximate surface area is 109 Å². The van der Waals surface area contributed by atoms with Crippen molar-refractivity contribution in [2.75, 3.05) is 20.2 Å². The molecule has 1 aliphatic rings. The predicted molar refractivity (Wildman–Crippen MR) is 71.8 cm³/mol. The first-order valence-electron chi connectivity index (χ1n) is 6.66. The van der Waals surface area contributed by atoms with Crippen molar-refractivity contribution >= 4 is 5.97 Å². The number of benzene rings is 1. The van der Waals surface area contributed by atoms with E-state index in [-0.39, 0.29) is 5.97 Å². The third-order valence-electron chi connectivity index (χ3n) is 3.53. The molecule has 0 unspecified atom stereocenters. The molecular weight excluding hydrogens is 226 g/mol. The van der Waals surface area contributed by atoms with Crippen LogP contribution in [0.15, 0.2) is 24.3 Å². The molecule has 1 aliphatic carbocycles. The topological polar surface area (TPSA) is 29.5 Å². The Hall–Kier alpha value is -1.35. The lowest BCUT2D eigenvalue weighted by Gasteiger charge is -2.19. The number of likely N-dealkylation sites (N-methyl/N-ethyl adjacent to an activating group) is 1. The summed E-state index contributed by atoms with van der Waals surface area (Å²) in [5, 5.41) is 0. The molecule has 0 heterocycles. The number of carbonyl (C=O) groups excluding carboxylic acids is 1. The van der Waals surface area contributed by atoms with Crippen LogP contribution in [0.2, 0.25) is 0 Å². The average Bonchev–Trinajstić information content (AvgIpc) is 3.24. The summed E-state index contributed by atoms with van der Waals surface area (Å²) in [6, 6.07) is 8.55. The Morgan fingerprint density at radius 2 is 2.00 bits per heavy atom. The highest BCUT2D eigenvalue weighted by atomic mass is 16.5. The van der Waals surface area contributed by atoms with E-state index in [0.29, 0.717) is 5.56 Å². The third kappa shape index (κ3) is 3.33. The monoisotopic (exact) mass is 247 g/mol. The van der Waals surface area contributed by atoms with Gasteiger partial charge in [0.05, 0.1) is 12.7 Å². The van der Waals surface area contributed by atoms with Gasteiger partial charge in [0, 0.05) is 12.6 Å². The second-order valence-electron chi connectivity index (χ2n) is 4.80. The summed E-state index contributed by atoms with van der Waals surface area (Å²) in [5.41, 5.74) is 1.90. The fourth-order valence-electron chi connectivity index (χ4n) is 2.24. The zero-order valence-electron chi connectivity index (χ0n) is 11.2. The summed E-state index contributed by atoms with van der Waals surface area (Å²) in [7, 11) is 1.41. The molecule has 1 aromatic carbocycles. The summed E-state index contributed by atoms with van der Waals surface area (Å²) in [6.07, 6.45) is 3.76. The van der Waals surface area contributed by atoms with Crippen LogP contribution in [0.3, 0.4) is 0 Å². The van der Waals surface area contributed by atoms with E-state index >= 15 is 0 Å². The maximum Gasteiger partial charge on any atom is 0.337 e. The summed E-state index contributed by atoms with van der Waals surface area (Å²) in [5.74, 6) is -0.269. The Morgan fingerprint density at radius 3 is 2.50 bits per heavy atom. The van der Waals surface area contributed by atoms with E-state index in [9.17, 15) is 4.79 Å². The molecule has 0 amide bonds. The minimum Gasteiger partial charge on any atom is -0.465 e. The molecule has 0 bridgehead atoms. The fraction of sp³-hybridized carbons (Fsp3) is 0.533. The Balaban J connectivity index is 1.87. The lowest BCUT2D eigenvalue weighted by atomic mass is 10.1. The summed E-state index contributed by atoms with van der Waals surface area (Å²) >= 11 is 0. The van der Waals surface area contributed by atoms with Crippen molar-refractivity contribution in [3.05, 3.63) is 35.4 Å². The van der Waals surface area contributed by atoms with Crippen molar-refractivity contribution in [3.63, 3.8) is 0 Å². The molecule has 3 nitrogen and oxygen atoms in total. The van der Waals surface area contributed by atoms with Crippen LogP contribution in [0.25, 0.3) is 0 Å². The first-order valence-corrected chi connectivity index (χ1v) is 6.66. The number of hydrogen-bond donors (Lipinski definition) is 0. The molecule has 1 saturated carbocycles. The first-order chi connectivity index (χ1) is 8.74. The molecule has 0 radical (unpaired) electrons. The molecule has 3 heteroatoms. The van der Waals surface area contributed by atoms with E-state index in [1.807, 2.05) is 24.3 Å². The van der Waals surface area contributed by atoms with Crippen molar-refractivity contribution in [3.8, 4) is 0 Å². The van der Waals surface area contributed by atoms with Crippen LogP contribution in [0.4, 0.5) is 0 Å². The second-order valence-corrected chi connectivity index (χ2v) is 4.80. The molecule has 1 aromatic rings. The summed E-state index contributed by atoms with van der Waals surface area (Å²) < 4.78 is 4.68. The van der Waals surface area contributed by atoms with Gasteiger partial charge in [-0.2, -0.15) is 0 Å². The molecule has 98 valence electrons. The second kappa shape index (κ2) is 6.01. The lowest BCUT2D eigenvalue weighted by Crippen LogP contribution is -2.27. The standard InChI is InChI=1S/C15H21NO2/c1-3-16(14-8-9-14)11-10-12-4-6-13(7-5-12)15(17)18-2/h4-7,14H,3,8-11H2,1-2H3. The van der Waals surface area contributed by atoms with Crippen molar-refractivity contribution in [2.45, 2.75) is 32.2 Å². The highest BCUT2D eigenvalue weighted by molar-refractivity contribution is 5.89. The Kier molecular flexibility index (Phi) is 4.37. The van der Waals surface area contributed by atoms with Crippen molar-refractivity contribution < 1.29 is 9.53 Å². The van der Waals surface area contributed by atoms with Gasteiger partial charge in [0.1, 0.15) is 0 Å². The van der Waals surface area contributed by atoms with E-state index in [4.69, 9.17) is 0 Å². The van der Waals surface area contributed by atoms with Crippen LogP contribution in [-0.2, 0) is 11.2 Å². The smallest absolute Gasteiger partial charge is 0.337 e. The van der Waals surface area contributed by atoms with Crippen LogP contribution < -0.4 is 0 Å². The van der Waals surface area contributed by atoms with Crippen molar-refractivity contribution in [1.29, 1.82) is 0 Å². The zero-order chi connectivity index (χ0) is 13.0. The van der Waals surface area contributed by atoms with Crippen LogP contribution in [0.5, 0.6) is 0 Å². The summed E-state index contributed by atoms with van der Waals surface area (Å²) in [4.78, 5) is 13.8. The fourth-order valence-corrected chi connectivity index (χ4v) is 2.24. The lowest BCUT2D eigenvalue weighted by molar-refractivity contribution is 0.0600. The van der Waals surface area contributed by atoms with Gasteiger partial charge in [0.25, 0.3) is 0 Å². The van der Waals surface area contributed by atoms with E-state index in [0.717, 1.165) is 25.6 Å². The normalized spacial score (nSPS) is 14.8. The number of carbonyl (C=O) groups is 1. The van der Waals surface area contributed by atoms with E-state index in [1.54, 1.807) is 0 Å². The number of hydrogen-bond acceptors (Lipinski definition) is 3. The average molecular weight is 247 g/mol. The van der Waals surface area contributed by atoms with Gasteiger partial charge in [-0.1, -0.05) is 19.1 Å². The quantitative estimate of drug-likeness (QED) is 0.723. The minimum atomic E-state index is -0.269. The zero-order valence-corrected chi connectivity index (χ0v) is 11.2. The molecule has 0 aromatic heterocycles. The molecule has 0 saturated heterocycles. The van der Waals surface area contributed by atoms with Gasteiger partial charge in [-0.3, -0.25) is 0 Å². The molecule has 18 heavy (non-hydrogen) atoms. The van der Waals surface area contributed by atoms with Gasteiger partial charge >= 0.3 is 5.97 Å². The van der Waals surface area contributed by atoms with Crippen LogP contribution in [-0.4, -0.2) is 37.1 Å². The molecule has 1 fully saturated rings. The van der Waals surface area contributed by atoms with Crippen LogP contribution in [0, 0.1) is 0 Å². The van der Waals surface area contributed by atoms with E-state index < -0.39 is 0 Å². The molecule has 0 aliphatic heterocycles. The number of ether oxygens (including phenoxy) is 1. The maximum absolute atomic E-state index is 11.3. The Morgan fingerprint density at radius 1 is 1.33 bits per heavy atom.